The average molecular weight is 351 g/mol. The lowest BCUT2D eigenvalue weighted by molar-refractivity contribution is -0.116. The van der Waals surface area contributed by atoms with Crippen molar-refractivity contribution in [3.8, 4) is 11.5 Å². The third kappa shape index (κ3) is 4.42. The quantitative estimate of drug-likeness (QED) is 0.761. The van der Waals surface area contributed by atoms with Gasteiger partial charge in [0.1, 0.15) is 0 Å². The summed E-state index contributed by atoms with van der Waals surface area (Å²) in [4.78, 5) is 27.1. The van der Waals surface area contributed by atoms with E-state index in [0.29, 0.717) is 17.9 Å². The fourth-order valence-corrected chi connectivity index (χ4v) is 2.50. The molecular weight excluding hydrogens is 334 g/mol. The number of ether oxygens (including phenoxy) is 3. The van der Waals surface area contributed by atoms with Crippen LogP contribution in [0.5, 0.6) is 11.5 Å². The number of aryl methyl sites for hydroxylation is 1. The van der Waals surface area contributed by atoms with Gasteiger partial charge in [0.25, 0.3) is 5.82 Å². The van der Waals surface area contributed by atoms with Gasteiger partial charge < -0.3 is 19.5 Å². The van der Waals surface area contributed by atoms with Gasteiger partial charge in [-0.05, 0) is 24.1 Å². The molecule has 0 unspecified atom stereocenters. The third-order valence-electron chi connectivity index (χ3n) is 3.13. The normalized spacial score (nSPS) is 10.1. The Bertz CT molecular complexity index is 732. The minimum Gasteiger partial charge on any atom is -0.493 e. The molecule has 0 radical (unpaired) electrons. The maximum Gasteiger partial charge on any atom is 0.377 e. The van der Waals surface area contributed by atoms with Crippen LogP contribution in [0.4, 0.5) is 5.13 Å². The van der Waals surface area contributed by atoms with Gasteiger partial charge in [-0.3, -0.25) is 4.79 Å². The Labute approximate surface area is 142 Å². The van der Waals surface area contributed by atoms with Crippen LogP contribution in [-0.2, 0) is 16.0 Å². The summed E-state index contributed by atoms with van der Waals surface area (Å²) in [7, 11) is 4.36. The summed E-state index contributed by atoms with van der Waals surface area (Å²) in [6, 6.07) is 5.49. The number of carbonyl (C=O) groups excluding carboxylic acids is 2. The number of nitrogens with zero attached hydrogens (tertiary/aromatic N) is 2. The number of hydrogen-bond donors (Lipinski definition) is 1. The molecule has 2 aromatic rings. The van der Waals surface area contributed by atoms with Crippen molar-refractivity contribution in [3.05, 3.63) is 29.6 Å². The van der Waals surface area contributed by atoms with E-state index in [9.17, 15) is 9.59 Å². The van der Waals surface area contributed by atoms with E-state index in [1.54, 1.807) is 20.3 Å². The molecule has 0 spiro atoms. The van der Waals surface area contributed by atoms with Crippen molar-refractivity contribution in [2.75, 3.05) is 26.6 Å². The standard InChI is InChI=1S/C15H17N3O5S/c1-21-10-6-4-9(8-11(10)22-2)5-7-12(19)16-15-17-13(18-24-15)14(20)23-3/h4,6,8H,5,7H2,1-3H3,(H,16,17,18,19). The molecule has 0 fully saturated rings. The lowest BCUT2D eigenvalue weighted by atomic mass is 10.1. The van der Waals surface area contributed by atoms with Crippen molar-refractivity contribution in [2.45, 2.75) is 12.8 Å². The Morgan fingerprint density at radius 1 is 1.17 bits per heavy atom. The molecule has 0 bridgehead atoms. The summed E-state index contributed by atoms with van der Waals surface area (Å²) in [6.45, 7) is 0. The summed E-state index contributed by atoms with van der Waals surface area (Å²) in [5.41, 5.74) is 0.940. The molecule has 0 aliphatic heterocycles. The SMILES string of the molecule is COC(=O)c1nsc(NC(=O)CCc2ccc(OC)c(OC)c2)n1. The largest absolute Gasteiger partial charge is 0.493 e. The molecule has 0 saturated carbocycles. The van der Waals surface area contributed by atoms with Crippen LogP contribution in [0, 0.1) is 0 Å². The van der Waals surface area contributed by atoms with Crippen LogP contribution in [0.15, 0.2) is 18.2 Å². The van der Waals surface area contributed by atoms with Gasteiger partial charge >= 0.3 is 5.97 Å². The Kier molecular flexibility index (Phi) is 6.07. The Morgan fingerprint density at radius 3 is 2.58 bits per heavy atom. The fraction of sp³-hybridized carbons (Fsp3) is 0.333. The highest BCUT2D eigenvalue weighted by Crippen LogP contribution is 2.28. The summed E-state index contributed by atoms with van der Waals surface area (Å²) < 4.78 is 18.7. The molecule has 24 heavy (non-hydrogen) atoms. The number of anilines is 1. The minimum atomic E-state index is -0.642. The highest BCUT2D eigenvalue weighted by molar-refractivity contribution is 7.10. The number of carbonyl (C=O) groups is 2. The van der Waals surface area contributed by atoms with Crippen molar-refractivity contribution in [3.63, 3.8) is 0 Å². The summed E-state index contributed by atoms with van der Waals surface area (Å²) in [5, 5.41) is 2.86. The van der Waals surface area contributed by atoms with Gasteiger partial charge in [0.15, 0.2) is 11.5 Å². The van der Waals surface area contributed by atoms with Crippen molar-refractivity contribution in [1.82, 2.24) is 9.36 Å². The maximum atomic E-state index is 12.0. The third-order valence-corrected chi connectivity index (χ3v) is 3.76. The molecule has 0 atom stereocenters. The van der Waals surface area contributed by atoms with Gasteiger partial charge in [0.05, 0.1) is 21.3 Å². The van der Waals surface area contributed by atoms with Crippen LogP contribution in [0.2, 0.25) is 0 Å². The number of amides is 1. The molecule has 1 heterocycles. The van der Waals surface area contributed by atoms with E-state index >= 15 is 0 Å². The van der Waals surface area contributed by atoms with Crippen molar-refractivity contribution >= 4 is 28.5 Å². The molecule has 1 aromatic heterocycles. The predicted molar refractivity (Wildman–Crippen MR) is 87.7 cm³/mol. The molecular formula is C15H17N3O5S. The van der Waals surface area contributed by atoms with Gasteiger partial charge in [0, 0.05) is 18.0 Å². The van der Waals surface area contributed by atoms with Gasteiger partial charge in [-0.2, -0.15) is 9.36 Å². The first-order chi connectivity index (χ1) is 11.6. The van der Waals surface area contributed by atoms with E-state index in [-0.39, 0.29) is 23.3 Å². The van der Waals surface area contributed by atoms with Gasteiger partial charge in [-0.1, -0.05) is 6.07 Å². The molecule has 1 amide bonds. The zero-order valence-electron chi connectivity index (χ0n) is 13.5. The maximum absolute atomic E-state index is 12.0. The zero-order chi connectivity index (χ0) is 17.5. The number of methoxy groups -OCH3 is 3. The van der Waals surface area contributed by atoms with Crippen LogP contribution >= 0.6 is 11.5 Å². The fourth-order valence-electron chi connectivity index (χ4n) is 1.92. The smallest absolute Gasteiger partial charge is 0.377 e. The Balaban J connectivity index is 1.91. The van der Waals surface area contributed by atoms with Gasteiger partial charge in [-0.25, -0.2) is 4.79 Å². The molecule has 0 aliphatic carbocycles. The van der Waals surface area contributed by atoms with Crippen molar-refractivity contribution in [2.24, 2.45) is 0 Å². The topological polar surface area (TPSA) is 99.6 Å². The Morgan fingerprint density at radius 2 is 1.92 bits per heavy atom. The van der Waals surface area contributed by atoms with Crippen LogP contribution in [-0.4, -0.2) is 42.6 Å². The first-order valence-corrected chi connectivity index (χ1v) is 7.77. The number of nitrogens with one attached hydrogen (secondary N) is 1. The van der Waals surface area contributed by atoms with E-state index < -0.39 is 5.97 Å². The number of benzene rings is 1. The first kappa shape index (κ1) is 17.7. The highest BCUT2D eigenvalue weighted by atomic mass is 32.1. The molecule has 128 valence electrons. The van der Waals surface area contributed by atoms with Crippen LogP contribution in [0.25, 0.3) is 0 Å². The van der Waals surface area contributed by atoms with Gasteiger partial charge in [-0.15, -0.1) is 0 Å². The van der Waals surface area contributed by atoms with E-state index in [1.165, 1.54) is 7.11 Å². The summed E-state index contributed by atoms with van der Waals surface area (Å²) in [5.74, 6) is 0.310. The number of aromatic nitrogens is 2. The average Bonchev–Trinajstić information content (AvgIpc) is 3.07. The second-order valence-corrected chi connectivity index (χ2v) is 5.40. The van der Waals surface area contributed by atoms with E-state index in [0.717, 1.165) is 17.1 Å². The second-order valence-electron chi connectivity index (χ2n) is 4.65. The minimum absolute atomic E-state index is 0.0716. The summed E-state index contributed by atoms with van der Waals surface area (Å²) >= 11 is 0.924. The molecule has 1 aromatic carbocycles. The van der Waals surface area contributed by atoms with Crippen LogP contribution < -0.4 is 14.8 Å². The molecule has 2 rings (SSSR count). The van der Waals surface area contributed by atoms with Crippen molar-refractivity contribution in [1.29, 1.82) is 0 Å². The van der Waals surface area contributed by atoms with Crippen molar-refractivity contribution < 1.29 is 23.8 Å². The number of rotatable bonds is 7. The van der Waals surface area contributed by atoms with Crippen LogP contribution in [0.3, 0.4) is 0 Å². The van der Waals surface area contributed by atoms with E-state index in [4.69, 9.17) is 9.47 Å². The predicted octanol–water partition coefficient (Wildman–Crippen LogP) is 1.91. The molecule has 0 saturated heterocycles. The molecule has 9 heteroatoms. The lowest BCUT2D eigenvalue weighted by Gasteiger charge is -2.09. The first-order valence-electron chi connectivity index (χ1n) is 7.00. The van der Waals surface area contributed by atoms with Gasteiger partial charge in [0.2, 0.25) is 11.0 Å². The van der Waals surface area contributed by atoms with E-state index in [1.807, 2.05) is 12.1 Å². The lowest BCUT2D eigenvalue weighted by Crippen LogP contribution is -2.12. The van der Waals surface area contributed by atoms with E-state index in [2.05, 4.69) is 19.4 Å². The Hall–Kier alpha value is -2.68. The zero-order valence-corrected chi connectivity index (χ0v) is 14.3. The molecule has 0 aliphatic rings. The highest BCUT2D eigenvalue weighted by Gasteiger charge is 2.14. The van der Waals surface area contributed by atoms with Crippen LogP contribution in [0.1, 0.15) is 22.6 Å². The second kappa shape index (κ2) is 8.25. The number of hydrogen-bond acceptors (Lipinski definition) is 8. The number of esters is 1. The monoisotopic (exact) mass is 351 g/mol. The molecule has 1 N–H and O–H groups in total. The molecule has 8 nitrogen and oxygen atoms in total. The summed E-state index contributed by atoms with van der Waals surface area (Å²) in [6.07, 6.45) is 0.775.